The first-order valence-electron chi connectivity index (χ1n) is 9.16. The van der Waals surface area contributed by atoms with Gasteiger partial charge in [-0.15, -0.1) is 11.3 Å². The number of thiophene rings is 1. The van der Waals surface area contributed by atoms with Crippen molar-refractivity contribution in [1.82, 2.24) is 15.2 Å². The van der Waals surface area contributed by atoms with E-state index in [1.54, 1.807) is 0 Å². The summed E-state index contributed by atoms with van der Waals surface area (Å²) in [6, 6.07) is -0.0377. The van der Waals surface area contributed by atoms with E-state index in [2.05, 4.69) is 10.3 Å². The van der Waals surface area contributed by atoms with Crippen LogP contribution in [-0.4, -0.2) is 65.4 Å². The molecule has 0 saturated carbocycles. The second kappa shape index (κ2) is 7.58. The Bertz CT molecular complexity index is 981. The van der Waals surface area contributed by atoms with Gasteiger partial charge in [0.2, 0.25) is 5.88 Å². The van der Waals surface area contributed by atoms with Crippen molar-refractivity contribution in [3.05, 3.63) is 22.6 Å². The molecule has 2 fully saturated rings. The minimum atomic E-state index is -4.65. The van der Waals surface area contributed by atoms with Gasteiger partial charge in [-0.25, -0.2) is 9.78 Å². The number of pyridine rings is 1. The molecular weight excluding hydrogens is 427 g/mol. The number of hydrogen-bond donors (Lipinski definition) is 2. The van der Waals surface area contributed by atoms with Crippen LogP contribution in [0.25, 0.3) is 10.2 Å². The number of carbonyl (C=O) groups excluding carboxylic acids is 1. The molecule has 162 valence electrons. The summed E-state index contributed by atoms with van der Waals surface area (Å²) in [4.78, 5) is 29.0. The number of halogens is 3. The monoisotopic (exact) mass is 445 g/mol. The van der Waals surface area contributed by atoms with Crippen LogP contribution < -0.4 is 10.1 Å². The van der Waals surface area contributed by atoms with Gasteiger partial charge in [-0.1, -0.05) is 0 Å². The van der Waals surface area contributed by atoms with E-state index < -0.39 is 41.9 Å². The Morgan fingerprint density at radius 3 is 2.57 bits per heavy atom. The van der Waals surface area contributed by atoms with Gasteiger partial charge in [0.1, 0.15) is 6.10 Å². The summed E-state index contributed by atoms with van der Waals surface area (Å²) in [5.41, 5.74) is -0.954. The van der Waals surface area contributed by atoms with E-state index in [4.69, 9.17) is 9.47 Å². The van der Waals surface area contributed by atoms with Gasteiger partial charge >= 0.3 is 12.3 Å². The SMILES string of the molecule is CNC(=O)c1csc2c(C(F)(F)F)cc(OC3CC4COCC(C3)N4C(=O)O)nc12. The molecule has 2 aliphatic rings. The average molecular weight is 445 g/mol. The Balaban J connectivity index is 1.67. The smallest absolute Gasteiger partial charge is 0.418 e. The summed E-state index contributed by atoms with van der Waals surface area (Å²) < 4.78 is 52.0. The summed E-state index contributed by atoms with van der Waals surface area (Å²) >= 11 is 0.796. The fourth-order valence-electron chi connectivity index (χ4n) is 4.00. The lowest BCUT2D eigenvalue weighted by Crippen LogP contribution is -2.60. The first kappa shape index (κ1) is 20.7. The molecule has 2 bridgehead atoms. The van der Waals surface area contributed by atoms with Gasteiger partial charge in [-0.05, 0) is 0 Å². The van der Waals surface area contributed by atoms with Crippen molar-refractivity contribution in [2.45, 2.75) is 37.2 Å². The van der Waals surface area contributed by atoms with Crippen molar-refractivity contribution in [2.75, 3.05) is 20.3 Å². The summed E-state index contributed by atoms with van der Waals surface area (Å²) in [6.07, 6.45) is -5.68. The Kier molecular flexibility index (Phi) is 5.22. The zero-order valence-electron chi connectivity index (χ0n) is 15.7. The number of morpholine rings is 1. The van der Waals surface area contributed by atoms with Crippen LogP contribution in [-0.2, 0) is 10.9 Å². The molecule has 2 aromatic rings. The van der Waals surface area contributed by atoms with Crippen LogP contribution in [0.5, 0.6) is 5.88 Å². The quantitative estimate of drug-likeness (QED) is 0.754. The van der Waals surface area contributed by atoms with Gasteiger partial charge in [-0.2, -0.15) is 13.2 Å². The summed E-state index contributed by atoms with van der Waals surface area (Å²) in [7, 11) is 1.38. The van der Waals surface area contributed by atoms with Crippen LogP contribution >= 0.6 is 11.3 Å². The number of rotatable bonds is 3. The van der Waals surface area contributed by atoms with E-state index in [1.807, 2.05) is 0 Å². The maximum absolute atomic E-state index is 13.6. The van der Waals surface area contributed by atoms with E-state index in [1.165, 1.54) is 17.3 Å². The third kappa shape index (κ3) is 3.65. The van der Waals surface area contributed by atoms with Crippen LogP contribution in [0.15, 0.2) is 11.4 Å². The summed E-state index contributed by atoms with van der Waals surface area (Å²) in [5, 5.41) is 13.1. The highest BCUT2D eigenvalue weighted by molar-refractivity contribution is 7.17. The molecule has 12 heteroatoms. The fourth-order valence-corrected chi connectivity index (χ4v) is 5.02. The molecule has 0 radical (unpaired) electrons. The van der Waals surface area contributed by atoms with Gasteiger partial charge in [-0.3, -0.25) is 9.69 Å². The maximum Gasteiger partial charge on any atom is 0.418 e. The minimum absolute atomic E-state index is 0.0411. The molecule has 2 aliphatic heterocycles. The molecule has 0 spiro atoms. The fraction of sp³-hybridized carbons (Fsp3) is 0.500. The zero-order valence-corrected chi connectivity index (χ0v) is 16.5. The minimum Gasteiger partial charge on any atom is -0.474 e. The number of carbonyl (C=O) groups is 2. The van der Waals surface area contributed by atoms with Gasteiger partial charge in [0.15, 0.2) is 0 Å². The Morgan fingerprint density at radius 1 is 1.33 bits per heavy atom. The molecule has 4 heterocycles. The topological polar surface area (TPSA) is 101 Å². The van der Waals surface area contributed by atoms with Crippen LogP contribution in [0, 0.1) is 0 Å². The molecule has 0 aromatic carbocycles. The van der Waals surface area contributed by atoms with E-state index in [9.17, 15) is 27.9 Å². The van der Waals surface area contributed by atoms with Crippen LogP contribution in [0.2, 0.25) is 0 Å². The van der Waals surface area contributed by atoms with E-state index in [-0.39, 0.29) is 47.7 Å². The van der Waals surface area contributed by atoms with Crippen molar-refractivity contribution in [3.63, 3.8) is 0 Å². The number of nitrogens with one attached hydrogen (secondary N) is 1. The number of amides is 2. The average Bonchev–Trinajstić information content (AvgIpc) is 3.08. The highest BCUT2D eigenvalue weighted by atomic mass is 32.1. The predicted molar refractivity (Wildman–Crippen MR) is 99.9 cm³/mol. The number of fused-ring (bicyclic) bond motifs is 3. The van der Waals surface area contributed by atoms with Crippen LogP contribution in [0.1, 0.15) is 28.8 Å². The van der Waals surface area contributed by atoms with E-state index in [0.717, 1.165) is 17.4 Å². The number of hydrogen-bond acceptors (Lipinski definition) is 6. The van der Waals surface area contributed by atoms with Crippen molar-refractivity contribution >= 4 is 33.6 Å². The van der Waals surface area contributed by atoms with Gasteiger partial charge in [0.05, 0.1) is 46.6 Å². The molecule has 8 nitrogen and oxygen atoms in total. The molecule has 0 aliphatic carbocycles. The first-order valence-corrected chi connectivity index (χ1v) is 10.0. The third-order valence-corrected chi connectivity index (χ3v) is 6.26. The second-order valence-corrected chi connectivity index (χ2v) is 8.04. The normalized spacial score (nSPS) is 24.0. The molecule has 2 aromatic heterocycles. The lowest BCUT2D eigenvalue weighted by Gasteiger charge is -2.46. The van der Waals surface area contributed by atoms with Crippen molar-refractivity contribution < 1.29 is 37.3 Å². The van der Waals surface area contributed by atoms with E-state index >= 15 is 0 Å². The molecule has 30 heavy (non-hydrogen) atoms. The summed E-state index contributed by atoms with van der Waals surface area (Å²) in [6.45, 7) is 0.405. The van der Waals surface area contributed by atoms with Crippen LogP contribution in [0.4, 0.5) is 18.0 Å². The first-order chi connectivity index (χ1) is 14.2. The molecule has 2 amide bonds. The molecule has 4 rings (SSSR count). The summed E-state index contributed by atoms with van der Waals surface area (Å²) in [5.74, 6) is -0.786. The molecule has 2 N–H and O–H groups in total. The van der Waals surface area contributed by atoms with E-state index in [0.29, 0.717) is 0 Å². The molecular formula is C18H18F3N3O5S. The number of ether oxygens (including phenoxy) is 2. The Labute approximate surface area is 172 Å². The number of piperidine rings is 1. The van der Waals surface area contributed by atoms with Crippen molar-refractivity contribution in [2.24, 2.45) is 0 Å². The van der Waals surface area contributed by atoms with Crippen molar-refractivity contribution in [3.8, 4) is 5.88 Å². The highest BCUT2D eigenvalue weighted by Crippen LogP contribution is 2.41. The molecule has 2 saturated heterocycles. The number of carboxylic acid groups (broad SMARTS) is 1. The third-order valence-electron chi connectivity index (χ3n) is 5.26. The number of aromatic nitrogens is 1. The number of nitrogens with zero attached hydrogens (tertiary/aromatic N) is 2. The molecule has 2 atom stereocenters. The molecule has 2 unspecified atom stereocenters. The Hall–Kier alpha value is -2.60. The van der Waals surface area contributed by atoms with Crippen LogP contribution in [0.3, 0.4) is 0 Å². The lowest BCUT2D eigenvalue weighted by atomic mass is 9.92. The van der Waals surface area contributed by atoms with Gasteiger partial charge in [0.25, 0.3) is 5.91 Å². The largest absolute Gasteiger partial charge is 0.474 e. The maximum atomic E-state index is 13.6. The van der Waals surface area contributed by atoms with Gasteiger partial charge in [0, 0.05) is 31.3 Å². The predicted octanol–water partition coefficient (Wildman–Crippen LogP) is 2.96. The highest BCUT2D eigenvalue weighted by Gasteiger charge is 2.43. The van der Waals surface area contributed by atoms with Crippen molar-refractivity contribution in [1.29, 1.82) is 0 Å². The zero-order chi connectivity index (χ0) is 21.6. The Morgan fingerprint density at radius 2 is 2.00 bits per heavy atom. The standard InChI is InChI=1S/C18H18F3N3O5S/c1-22-16(25)11-7-30-15-12(18(19,20)21)4-13(23-14(11)15)29-10-2-8-5-28-6-9(3-10)24(8)17(26)27/h4,7-10H,2-3,5-6H2,1H3,(H,22,25)(H,26,27). The second-order valence-electron chi connectivity index (χ2n) is 7.16. The van der Waals surface area contributed by atoms with Gasteiger partial charge < -0.3 is 19.9 Å². The lowest BCUT2D eigenvalue weighted by molar-refractivity contribution is -0.136. The number of alkyl halides is 3.